The maximum Gasteiger partial charge on any atom is 0.272 e. The van der Waals surface area contributed by atoms with E-state index in [0.717, 1.165) is 12.1 Å². The Morgan fingerprint density at radius 1 is 1.56 bits per heavy atom. The highest BCUT2D eigenvalue weighted by Gasteiger charge is 2.20. The van der Waals surface area contributed by atoms with E-state index in [1.807, 2.05) is 5.32 Å². The molecule has 0 aliphatic carbocycles. The Morgan fingerprint density at radius 2 is 2.22 bits per heavy atom. The maximum atomic E-state index is 13.5. The lowest BCUT2D eigenvalue weighted by Gasteiger charge is -2.15. The summed E-state index contributed by atoms with van der Waals surface area (Å²) >= 11 is 0. The second kappa shape index (κ2) is 6.01. The van der Waals surface area contributed by atoms with Gasteiger partial charge in [-0.15, -0.1) is 0 Å². The van der Waals surface area contributed by atoms with E-state index in [9.17, 15) is 23.7 Å². The number of carbonyl (C=O) groups excluding carboxylic acids is 1. The number of alkyl halides is 1. The fraction of sp³-hybridized carbons (Fsp3) is 0.300. The smallest absolute Gasteiger partial charge is 0.272 e. The van der Waals surface area contributed by atoms with Crippen LogP contribution in [0.3, 0.4) is 0 Å². The van der Waals surface area contributed by atoms with Crippen LogP contribution in [0.4, 0.5) is 14.5 Å². The first-order valence-corrected chi connectivity index (χ1v) is 4.89. The second-order valence-corrected chi connectivity index (χ2v) is 3.40. The van der Waals surface area contributed by atoms with E-state index in [0.29, 0.717) is 6.07 Å². The SMILES string of the molecule is O=C(CO)NC(CF)c1ccc([N+](=O)[O-])cc1F. The van der Waals surface area contributed by atoms with Crippen molar-refractivity contribution in [2.75, 3.05) is 13.3 Å². The average Bonchev–Trinajstić information content (AvgIpc) is 2.35. The molecule has 1 unspecified atom stereocenters. The van der Waals surface area contributed by atoms with E-state index >= 15 is 0 Å². The molecule has 1 amide bonds. The van der Waals surface area contributed by atoms with Crippen LogP contribution >= 0.6 is 0 Å². The van der Waals surface area contributed by atoms with E-state index in [4.69, 9.17) is 5.11 Å². The summed E-state index contributed by atoms with van der Waals surface area (Å²) < 4.78 is 26.2. The number of aliphatic hydroxyl groups is 1. The third-order valence-corrected chi connectivity index (χ3v) is 2.20. The highest BCUT2D eigenvalue weighted by atomic mass is 19.1. The van der Waals surface area contributed by atoms with Crippen molar-refractivity contribution < 1.29 is 23.6 Å². The number of nitro groups is 1. The monoisotopic (exact) mass is 260 g/mol. The number of carbonyl (C=O) groups is 1. The fourth-order valence-electron chi connectivity index (χ4n) is 1.35. The molecule has 0 aromatic heterocycles. The first-order valence-electron chi connectivity index (χ1n) is 4.89. The number of non-ortho nitro benzene ring substituents is 1. The lowest BCUT2D eigenvalue weighted by Crippen LogP contribution is -2.32. The van der Waals surface area contributed by atoms with Crippen LogP contribution in [-0.2, 0) is 4.79 Å². The molecule has 0 saturated heterocycles. The second-order valence-electron chi connectivity index (χ2n) is 3.40. The number of nitrogens with zero attached hydrogens (tertiary/aromatic N) is 1. The molecule has 0 spiro atoms. The third kappa shape index (κ3) is 3.20. The van der Waals surface area contributed by atoms with Crippen LogP contribution in [-0.4, -0.2) is 29.2 Å². The quantitative estimate of drug-likeness (QED) is 0.606. The van der Waals surface area contributed by atoms with Crippen molar-refractivity contribution in [2.24, 2.45) is 0 Å². The van der Waals surface area contributed by atoms with E-state index in [2.05, 4.69) is 0 Å². The van der Waals surface area contributed by atoms with Crippen molar-refractivity contribution in [1.82, 2.24) is 5.32 Å². The molecule has 1 atom stereocenters. The van der Waals surface area contributed by atoms with Crippen molar-refractivity contribution in [1.29, 1.82) is 0 Å². The Kier molecular flexibility index (Phi) is 4.67. The summed E-state index contributed by atoms with van der Waals surface area (Å²) in [6, 6.07) is 1.38. The maximum absolute atomic E-state index is 13.5. The van der Waals surface area contributed by atoms with Gasteiger partial charge in [-0.25, -0.2) is 8.78 Å². The van der Waals surface area contributed by atoms with Crippen LogP contribution in [0.15, 0.2) is 18.2 Å². The van der Waals surface area contributed by atoms with Crippen LogP contribution < -0.4 is 5.32 Å². The molecule has 0 saturated carbocycles. The lowest BCUT2D eigenvalue weighted by atomic mass is 10.1. The van der Waals surface area contributed by atoms with Gasteiger partial charge in [0, 0.05) is 11.6 Å². The lowest BCUT2D eigenvalue weighted by molar-refractivity contribution is -0.385. The van der Waals surface area contributed by atoms with Crippen molar-refractivity contribution >= 4 is 11.6 Å². The molecule has 2 N–H and O–H groups in total. The number of rotatable bonds is 5. The van der Waals surface area contributed by atoms with Crippen LogP contribution in [0, 0.1) is 15.9 Å². The molecule has 0 heterocycles. The fourth-order valence-corrected chi connectivity index (χ4v) is 1.35. The Hall–Kier alpha value is -2.09. The predicted molar refractivity (Wildman–Crippen MR) is 57.0 cm³/mol. The van der Waals surface area contributed by atoms with Gasteiger partial charge in [0.2, 0.25) is 5.91 Å². The molecule has 98 valence electrons. The Morgan fingerprint density at radius 3 is 2.67 bits per heavy atom. The average molecular weight is 260 g/mol. The number of hydrogen-bond donors (Lipinski definition) is 2. The number of hydrogen-bond acceptors (Lipinski definition) is 4. The zero-order valence-corrected chi connectivity index (χ0v) is 9.10. The van der Waals surface area contributed by atoms with Crippen molar-refractivity contribution in [3.63, 3.8) is 0 Å². The van der Waals surface area contributed by atoms with Crippen molar-refractivity contribution in [2.45, 2.75) is 6.04 Å². The van der Waals surface area contributed by atoms with Crippen molar-refractivity contribution in [3.05, 3.63) is 39.7 Å². The molecule has 8 heteroatoms. The van der Waals surface area contributed by atoms with E-state index in [1.165, 1.54) is 0 Å². The van der Waals surface area contributed by atoms with Crippen molar-refractivity contribution in [3.8, 4) is 0 Å². The summed E-state index contributed by atoms with van der Waals surface area (Å²) in [6.07, 6.45) is 0. The zero-order valence-electron chi connectivity index (χ0n) is 9.10. The van der Waals surface area contributed by atoms with Gasteiger partial charge in [-0.05, 0) is 6.07 Å². The van der Waals surface area contributed by atoms with Gasteiger partial charge >= 0.3 is 0 Å². The minimum absolute atomic E-state index is 0.218. The standard InChI is InChI=1S/C10H10F2N2O4/c11-4-9(13-10(16)5-15)7-2-1-6(14(17)18)3-8(7)12/h1-3,9,15H,4-5H2,(H,13,16). The number of amides is 1. The van der Waals surface area contributed by atoms with Crippen LogP contribution in [0.5, 0.6) is 0 Å². The Balaban J connectivity index is 3.00. The third-order valence-electron chi connectivity index (χ3n) is 2.20. The van der Waals surface area contributed by atoms with E-state index in [-0.39, 0.29) is 5.56 Å². The molecular weight excluding hydrogens is 250 g/mol. The molecule has 0 radical (unpaired) electrons. The molecule has 0 aliphatic rings. The summed E-state index contributed by atoms with van der Waals surface area (Å²) in [4.78, 5) is 20.5. The molecule has 0 bridgehead atoms. The van der Waals surface area contributed by atoms with Gasteiger partial charge in [-0.1, -0.05) is 0 Å². The minimum atomic E-state index is -1.29. The van der Waals surface area contributed by atoms with Crippen LogP contribution in [0.1, 0.15) is 11.6 Å². The van der Waals surface area contributed by atoms with Gasteiger partial charge in [0.15, 0.2) is 0 Å². The highest BCUT2D eigenvalue weighted by molar-refractivity contribution is 5.77. The van der Waals surface area contributed by atoms with Crippen LogP contribution in [0.25, 0.3) is 0 Å². The number of aliphatic hydroxyl groups excluding tert-OH is 1. The summed E-state index contributed by atoms with van der Waals surface area (Å²) in [7, 11) is 0. The van der Waals surface area contributed by atoms with Gasteiger partial charge in [-0.3, -0.25) is 14.9 Å². The summed E-state index contributed by atoms with van der Waals surface area (Å²) in [6.45, 7) is -1.95. The topological polar surface area (TPSA) is 92.5 Å². The number of halogens is 2. The normalized spacial score (nSPS) is 11.9. The molecule has 0 fully saturated rings. The Bertz CT molecular complexity index is 467. The molecule has 1 aromatic carbocycles. The molecule has 0 aliphatic heterocycles. The summed E-state index contributed by atoms with van der Waals surface area (Å²) in [5.41, 5.74) is -0.688. The largest absolute Gasteiger partial charge is 0.387 e. The van der Waals surface area contributed by atoms with Crippen LogP contribution in [0.2, 0.25) is 0 Å². The molecule has 1 aromatic rings. The Labute approximate surface area is 100 Å². The summed E-state index contributed by atoms with van der Waals surface area (Å²) in [5.74, 6) is -1.86. The number of nitrogens with one attached hydrogen (secondary N) is 1. The molecule has 18 heavy (non-hydrogen) atoms. The summed E-state index contributed by atoms with van der Waals surface area (Å²) in [5, 5.41) is 20.9. The minimum Gasteiger partial charge on any atom is -0.387 e. The van der Waals surface area contributed by atoms with E-state index in [1.54, 1.807) is 0 Å². The molecule has 1 rings (SSSR count). The van der Waals surface area contributed by atoms with Gasteiger partial charge in [0.05, 0.1) is 17.0 Å². The number of benzene rings is 1. The highest BCUT2D eigenvalue weighted by Crippen LogP contribution is 2.22. The van der Waals surface area contributed by atoms with Gasteiger partial charge < -0.3 is 10.4 Å². The number of nitro benzene ring substituents is 1. The van der Waals surface area contributed by atoms with Gasteiger partial charge in [0.25, 0.3) is 5.69 Å². The van der Waals surface area contributed by atoms with Gasteiger partial charge in [0.1, 0.15) is 19.1 Å². The van der Waals surface area contributed by atoms with Gasteiger partial charge in [-0.2, -0.15) is 0 Å². The molecular formula is C10H10F2N2O4. The molecule has 6 nitrogen and oxygen atoms in total. The first kappa shape index (κ1) is 14.0. The zero-order chi connectivity index (χ0) is 13.7. The van der Waals surface area contributed by atoms with E-state index < -0.39 is 41.7 Å². The first-order chi connectivity index (χ1) is 8.49. The predicted octanol–water partition coefficient (Wildman–Crippen LogP) is 0.853.